The van der Waals surface area contributed by atoms with E-state index in [2.05, 4.69) is 46.2 Å². The minimum atomic E-state index is -0.822. The summed E-state index contributed by atoms with van der Waals surface area (Å²) >= 11 is 0. The first-order valence-corrected chi connectivity index (χ1v) is 12.7. The van der Waals surface area contributed by atoms with Crippen molar-refractivity contribution in [1.82, 2.24) is 9.55 Å². The van der Waals surface area contributed by atoms with Crippen LogP contribution in [0.2, 0.25) is 0 Å². The number of carboxylic acid groups (broad SMARTS) is 1. The van der Waals surface area contributed by atoms with E-state index in [9.17, 15) is 9.90 Å². The number of carbonyl (C=O) groups is 1. The van der Waals surface area contributed by atoms with Gasteiger partial charge in [0.25, 0.3) is 0 Å². The Morgan fingerprint density at radius 3 is 2.69 bits per heavy atom. The molecule has 0 saturated heterocycles. The molecule has 3 aromatic rings. The molecule has 4 N–H and O–H groups in total. The second kappa shape index (κ2) is 11.0. The van der Waals surface area contributed by atoms with Crippen molar-refractivity contribution >= 4 is 17.3 Å². The number of nitrogens with one attached hydrogen (secondary N) is 1. The van der Waals surface area contributed by atoms with E-state index < -0.39 is 5.97 Å². The van der Waals surface area contributed by atoms with Crippen LogP contribution in [0.5, 0.6) is 0 Å². The third kappa shape index (κ3) is 5.69. The largest absolute Gasteiger partial charge is 0.481 e. The first-order valence-electron chi connectivity index (χ1n) is 12.7. The number of nitrogen functional groups attached to an aromatic ring is 1. The van der Waals surface area contributed by atoms with Gasteiger partial charge in [0.15, 0.2) is 0 Å². The fourth-order valence-corrected chi connectivity index (χ4v) is 5.51. The Balaban J connectivity index is 1.64. The van der Waals surface area contributed by atoms with E-state index in [1.54, 1.807) is 0 Å². The smallest absolute Gasteiger partial charge is 0.304 e. The first kappa shape index (κ1) is 24.8. The minimum absolute atomic E-state index is 0.0136. The van der Waals surface area contributed by atoms with Gasteiger partial charge in [0.2, 0.25) is 0 Å². The van der Waals surface area contributed by atoms with E-state index in [-0.39, 0.29) is 12.3 Å². The summed E-state index contributed by atoms with van der Waals surface area (Å²) in [7, 11) is 1.84. The van der Waals surface area contributed by atoms with Crippen LogP contribution in [-0.4, -0.2) is 27.7 Å². The van der Waals surface area contributed by atoms with E-state index >= 15 is 0 Å². The number of aliphatic carboxylic acids is 1. The first-order chi connectivity index (χ1) is 16.9. The summed E-state index contributed by atoms with van der Waals surface area (Å²) in [6.07, 6.45) is 11.6. The molecular weight excluding hydrogens is 436 g/mol. The number of hydrogen-bond donors (Lipinski definition) is 3. The van der Waals surface area contributed by atoms with Crippen molar-refractivity contribution in [3.63, 3.8) is 0 Å². The molecule has 1 aromatic heterocycles. The molecule has 2 aromatic carbocycles. The molecule has 1 heterocycles. The van der Waals surface area contributed by atoms with Gasteiger partial charge in [-0.05, 0) is 53.6 Å². The van der Waals surface area contributed by atoms with Crippen molar-refractivity contribution in [2.75, 3.05) is 18.1 Å². The maximum Gasteiger partial charge on any atom is 0.304 e. The zero-order valence-corrected chi connectivity index (χ0v) is 21.2. The van der Waals surface area contributed by atoms with Gasteiger partial charge in [-0.2, -0.15) is 0 Å². The van der Waals surface area contributed by atoms with Crippen LogP contribution in [0.4, 0.5) is 11.4 Å². The molecule has 0 spiro atoms. The summed E-state index contributed by atoms with van der Waals surface area (Å²) in [6.45, 7) is 4.83. The van der Waals surface area contributed by atoms with Crippen molar-refractivity contribution < 1.29 is 9.90 Å². The second-order valence-electron chi connectivity index (χ2n) is 10.0. The summed E-state index contributed by atoms with van der Waals surface area (Å²) in [6, 6.07) is 10.3. The lowest BCUT2D eigenvalue weighted by Gasteiger charge is -2.23. The van der Waals surface area contributed by atoms with E-state index in [1.807, 2.05) is 32.3 Å². The van der Waals surface area contributed by atoms with Gasteiger partial charge in [-0.25, -0.2) is 4.98 Å². The molecule has 6 nitrogen and oxygen atoms in total. The summed E-state index contributed by atoms with van der Waals surface area (Å²) in [5.74, 6) is 0.781. The Hall–Kier alpha value is -3.28. The minimum Gasteiger partial charge on any atom is -0.481 e. The number of nitrogens with zero attached hydrogens (tertiary/aromatic N) is 2. The standard InChI is InChI=1S/C29H38N4O2/c1-19-9-10-22(25(17-28(34)35)24-11-12-26(31-3)29(30)20(24)2)16-23(19)18-33-14-13-32-27(33)15-21-7-5-4-6-8-21/h9-14,16,21,25,31H,4-8,15,17-18,30H2,1-3H3,(H,34,35). The van der Waals surface area contributed by atoms with Crippen LogP contribution in [0.15, 0.2) is 42.7 Å². The highest BCUT2D eigenvalue weighted by Gasteiger charge is 2.23. The number of nitrogens with two attached hydrogens (primary N) is 1. The molecule has 0 radical (unpaired) electrons. The van der Waals surface area contributed by atoms with Crippen LogP contribution < -0.4 is 11.1 Å². The Morgan fingerprint density at radius 2 is 1.97 bits per heavy atom. The molecule has 0 bridgehead atoms. The van der Waals surface area contributed by atoms with Gasteiger partial charge in [-0.3, -0.25) is 4.79 Å². The van der Waals surface area contributed by atoms with Gasteiger partial charge >= 0.3 is 5.97 Å². The molecule has 186 valence electrons. The molecular formula is C29H38N4O2. The fraction of sp³-hybridized carbons (Fsp3) is 0.448. The van der Waals surface area contributed by atoms with Crippen LogP contribution >= 0.6 is 0 Å². The highest BCUT2D eigenvalue weighted by Crippen LogP contribution is 2.36. The van der Waals surface area contributed by atoms with Gasteiger partial charge in [0.1, 0.15) is 5.82 Å². The van der Waals surface area contributed by atoms with Crippen LogP contribution in [0.3, 0.4) is 0 Å². The third-order valence-corrected chi connectivity index (χ3v) is 7.69. The molecule has 35 heavy (non-hydrogen) atoms. The maximum atomic E-state index is 11.9. The van der Waals surface area contributed by atoms with Gasteiger partial charge in [-0.15, -0.1) is 0 Å². The average Bonchev–Trinajstić information content (AvgIpc) is 3.28. The quantitative estimate of drug-likeness (QED) is 0.336. The predicted molar refractivity (Wildman–Crippen MR) is 142 cm³/mol. The number of imidazole rings is 1. The highest BCUT2D eigenvalue weighted by molar-refractivity contribution is 5.74. The zero-order chi connectivity index (χ0) is 24.9. The molecule has 1 atom stereocenters. The lowest BCUT2D eigenvalue weighted by molar-refractivity contribution is -0.137. The van der Waals surface area contributed by atoms with Crippen molar-refractivity contribution in [3.8, 4) is 0 Å². The molecule has 1 fully saturated rings. The number of benzene rings is 2. The van der Waals surface area contributed by atoms with Crippen LogP contribution in [0.25, 0.3) is 0 Å². The van der Waals surface area contributed by atoms with Crippen LogP contribution in [0, 0.1) is 19.8 Å². The van der Waals surface area contributed by atoms with E-state index in [0.717, 1.165) is 47.1 Å². The summed E-state index contributed by atoms with van der Waals surface area (Å²) in [5, 5.41) is 12.8. The Labute approximate surface area is 208 Å². The fourth-order valence-electron chi connectivity index (χ4n) is 5.51. The topological polar surface area (TPSA) is 93.2 Å². The van der Waals surface area contributed by atoms with E-state index in [4.69, 9.17) is 5.73 Å². The number of rotatable bonds is 9. The Kier molecular flexibility index (Phi) is 7.79. The molecule has 1 saturated carbocycles. The number of aryl methyl sites for hydroxylation is 1. The lowest BCUT2D eigenvalue weighted by Crippen LogP contribution is -2.15. The number of hydrogen-bond acceptors (Lipinski definition) is 4. The molecule has 0 aliphatic heterocycles. The second-order valence-corrected chi connectivity index (χ2v) is 10.0. The highest BCUT2D eigenvalue weighted by atomic mass is 16.4. The SMILES string of the molecule is CNc1ccc(C(CC(=O)O)c2ccc(C)c(Cn3ccnc3CC3CCCCC3)c2)c(C)c1N. The predicted octanol–water partition coefficient (Wildman–Crippen LogP) is 5.90. The van der Waals surface area contributed by atoms with Crippen molar-refractivity contribution in [2.45, 2.75) is 71.3 Å². The number of aromatic nitrogens is 2. The number of carboxylic acids is 1. The van der Waals surface area contributed by atoms with E-state index in [0.29, 0.717) is 5.69 Å². The van der Waals surface area contributed by atoms with Crippen molar-refractivity contribution in [1.29, 1.82) is 0 Å². The normalized spacial score (nSPS) is 15.2. The van der Waals surface area contributed by atoms with Crippen molar-refractivity contribution in [2.24, 2.45) is 5.92 Å². The molecule has 6 heteroatoms. The van der Waals surface area contributed by atoms with Gasteiger partial charge in [-0.1, -0.05) is 56.4 Å². The van der Waals surface area contributed by atoms with Crippen LogP contribution in [0.1, 0.15) is 78.1 Å². The van der Waals surface area contributed by atoms with Gasteiger partial charge in [0.05, 0.1) is 17.8 Å². The monoisotopic (exact) mass is 474 g/mol. The zero-order valence-electron chi connectivity index (χ0n) is 21.2. The maximum absolute atomic E-state index is 11.9. The number of anilines is 2. The molecule has 4 rings (SSSR count). The average molecular weight is 475 g/mol. The van der Waals surface area contributed by atoms with Crippen molar-refractivity contribution in [3.05, 3.63) is 76.4 Å². The molecule has 0 amide bonds. The summed E-state index contributed by atoms with van der Waals surface area (Å²) < 4.78 is 2.26. The van der Waals surface area contributed by atoms with Gasteiger partial charge in [0, 0.05) is 38.3 Å². The lowest BCUT2D eigenvalue weighted by atomic mass is 9.84. The summed E-state index contributed by atoms with van der Waals surface area (Å²) in [5.41, 5.74) is 13.2. The van der Waals surface area contributed by atoms with E-state index in [1.165, 1.54) is 43.2 Å². The third-order valence-electron chi connectivity index (χ3n) is 7.69. The molecule has 1 aliphatic rings. The Morgan fingerprint density at radius 1 is 1.20 bits per heavy atom. The molecule has 1 unspecified atom stereocenters. The Bertz CT molecular complexity index is 1180. The van der Waals surface area contributed by atoms with Gasteiger partial charge < -0.3 is 20.7 Å². The van der Waals surface area contributed by atoms with Crippen LogP contribution in [-0.2, 0) is 17.8 Å². The molecule has 1 aliphatic carbocycles. The summed E-state index contributed by atoms with van der Waals surface area (Å²) in [4.78, 5) is 16.5.